The number of rotatable bonds is 11. The number of amides is 2. The minimum absolute atomic E-state index is 0. The van der Waals surface area contributed by atoms with Crippen LogP contribution in [-0.4, -0.2) is 88.0 Å². The summed E-state index contributed by atoms with van der Waals surface area (Å²) in [6, 6.07) is 9.23. The van der Waals surface area contributed by atoms with Crippen LogP contribution in [0.4, 0.5) is 0 Å². The second kappa shape index (κ2) is 15.7. The fourth-order valence-corrected chi connectivity index (χ4v) is 7.33. The summed E-state index contributed by atoms with van der Waals surface area (Å²) in [5.74, 6) is -3.35. The number of carbonyl (C=O) groups is 5. The zero-order valence-electron chi connectivity index (χ0n) is 24.8. The molecule has 216 valence electrons. The zero-order valence-corrected chi connectivity index (χ0v) is 29.3. The van der Waals surface area contributed by atoms with Crippen LogP contribution in [0, 0.1) is 0 Å². The van der Waals surface area contributed by atoms with Gasteiger partial charge < -0.3 is 23.1 Å². The van der Waals surface area contributed by atoms with Crippen molar-refractivity contribution in [2.24, 2.45) is 0 Å². The number of esters is 1. The zero-order chi connectivity index (χ0) is 29.1. The summed E-state index contributed by atoms with van der Waals surface area (Å²) >= 11 is 3.49. The first-order valence-electron chi connectivity index (χ1n) is 11.9. The number of aliphatic carboxylic acids is 2. The van der Waals surface area contributed by atoms with Crippen molar-refractivity contribution in [2.75, 3.05) is 11.5 Å². The van der Waals surface area contributed by atoms with Gasteiger partial charge in [0.1, 0.15) is 34.3 Å². The van der Waals surface area contributed by atoms with Gasteiger partial charge in [-0.05, 0) is 45.1 Å². The van der Waals surface area contributed by atoms with E-state index >= 15 is 0 Å². The molecule has 1 unspecified atom stereocenters. The average Bonchev–Trinajstić information content (AvgIpc) is 3.59. The number of nitrogens with zero attached hydrogens (tertiary/aromatic N) is 5. The van der Waals surface area contributed by atoms with Crippen molar-refractivity contribution in [3.05, 3.63) is 63.5 Å². The molecule has 2 atom stereocenters. The summed E-state index contributed by atoms with van der Waals surface area (Å²) in [5.41, 5.74) is 0.702. The number of hydrogen-bond donors (Lipinski definition) is 3. The fourth-order valence-electron chi connectivity index (χ4n) is 4.17. The molecule has 0 bridgehead atoms. The molecule has 14 nitrogen and oxygen atoms in total. The van der Waals surface area contributed by atoms with Crippen molar-refractivity contribution in [3.63, 3.8) is 0 Å². The summed E-state index contributed by atoms with van der Waals surface area (Å²) in [5, 5.41) is 33.6. The van der Waals surface area contributed by atoms with Gasteiger partial charge >= 0.3 is 77.0 Å². The smallest absolute Gasteiger partial charge is 1.00 e. The molecule has 43 heavy (non-hydrogen) atoms. The first-order valence-corrected chi connectivity index (χ1v) is 14.8. The van der Waals surface area contributed by atoms with E-state index in [1.807, 2.05) is 0 Å². The van der Waals surface area contributed by atoms with Crippen LogP contribution in [0.5, 0.6) is 5.75 Å². The number of aromatic nitrogens is 4. The average molecular weight is 665 g/mol. The predicted molar refractivity (Wildman–Crippen MR) is 148 cm³/mol. The normalized spacial score (nSPS) is 17.1. The molecular formula is C24H22N6Na2O8S3. The van der Waals surface area contributed by atoms with Gasteiger partial charge in [0.05, 0.1) is 6.42 Å². The maximum absolute atomic E-state index is 13.0. The van der Waals surface area contributed by atoms with E-state index in [2.05, 4.69) is 20.8 Å². The molecule has 0 saturated carbocycles. The number of thiophene rings is 1. The number of β-lactam (4-membered cyclic amide) rings is 1. The molecule has 4 heterocycles. The molecule has 2 aromatic heterocycles. The molecule has 0 spiro atoms. The van der Waals surface area contributed by atoms with Crippen molar-refractivity contribution in [3.8, 4) is 5.75 Å². The molecule has 3 N–H and O–H groups in total. The largest absolute Gasteiger partial charge is 1.00 e. The molecule has 0 radical (unpaired) electrons. The minimum atomic E-state index is -1.30. The van der Waals surface area contributed by atoms with E-state index in [9.17, 15) is 29.1 Å². The molecule has 2 aliphatic rings. The van der Waals surface area contributed by atoms with Gasteiger partial charge in [-0.25, -0.2) is 14.3 Å². The van der Waals surface area contributed by atoms with E-state index in [4.69, 9.17) is 9.84 Å². The van der Waals surface area contributed by atoms with E-state index in [0.717, 1.165) is 32.7 Å². The Labute approximate surface area is 303 Å². The molecular weight excluding hydrogens is 642 g/mol. The Bertz CT molecular complexity index is 1580. The van der Waals surface area contributed by atoms with Gasteiger partial charge in [-0.3, -0.25) is 19.3 Å². The number of hydrogen-bond acceptors (Lipinski definition) is 12. The topological polar surface area (TPSA) is 194 Å². The Kier molecular flexibility index (Phi) is 12.9. The minimum Gasteiger partial charge on any atom is -1.00 e. The van der Waals surface area contributed by atoms with Crippen molar-refractivity contribution in [1.29, 1.82) is 0 Å². The molecule has 0 aliphatic carbocycles. The molecule has 5 rings (SSSR count). The van der Waals surface area contributed by atoms with Gasteiger partial charge in [-0.15, -0.1) is 28.2 Å². The molecule has 1 aromatic carbocycles. The van der Waals surface area contributed by atoms with Crippen molar-refractivity contribution in [1.82, 2.24) is 30.4 Å². The molecule has 2 amide bonds. The number of benzene rings is 1. The Hall–Kier alpha value is -2.22. The van der Waals surface area contributed by atoms with Crippen molar-refractivity contribution < 1.29 is 101 Å². The number of para-hydroxylation sites is 1. The standard InChI is InChI=1S/C24H20N6O8S3.2Na.2H/c31-15(8-12-6-7-39-19(12)23(37)38-14-4-2-1-3-5-14)25-17-20(34)30-18(22(35)36)13(10-40-21(17)30)11-41-24-26-27-28-29(24)9-16(32)33;;;;/h1-7,17,21H,8-11H2,(H,25,31)(H,32,33)(H,35,36);;;;/q;2*+1;2*-1/t17?,21-;;;;/m1..../s1. The summed E-state index contributed by atoms with van der Waals surface area (Å²) in [4.78, 5) is 63.0. The number of carbonyl (C=O) groups excluding carboxylic acids is 3. The van der Waals surface area contributed by atoms with E-state index in [-0.39, 0.29) is 95.6 Å². The van der Waals surface area contributed by atoms with E-state index in [1.165, 1.54) is 11.8 Å². The van der Waals surface area contributed by atoms with Gasteiger partial charge in [0, 0.05) is 11.5 Å². The fraction of sp³-hybridized carbons (Fsp3) is 0.250. The first-order chi connectivity index (χ1) is 19.7. The number of thioether (sulfide) groups is 2. The third-order valence-corrected chi connectivity index (χ3v) is 9.28. The van der Waals surface area contributed by atoms with Crippen LogP contribution in [0.25, 0.3) is 0 Å². The number of fused-ring (bicyclic) bond motifs is 1. The van der Waals surface area contributed by atoms with Gasteiger partial charge in [0.15, 0.2) is 0 Å². The second-order valence-corrected chi connectivity index (χ2v) is 11.6. The Morgan fingerprint density at radius 2 is 1.88 bits per heavy atom. The van der Waals surface area contributed by atoms with E-state index in [0.29, 0.717) is 16.9 Å². The van der Waals surface area contributed by atoms with Crippen LogP contribution in [0.1, 0.15) is 18.1 Å². The Balaban J connectivity index is 0.00000253. The number of nitrogens with one attached hydrogen (secondary N) is 1. The van der Waals surface area contributed by atoms with Crippen LogP contribution in [-0.2, 0) is 32.1 Å². The van der Waals surface area contributed by atoms with Gasteiger partial charge in [0.2, 0.25) is 11.1 Å². The number of tetrazole rings is 1. The van der Waals surface area contributed by atoms with Crippen LogP contribution in [0.15, 0.2) is 58.2 Å². The van der Waals surface area contributed by atoms with E-state index in [1.54, 1.807) is 41.8 Å². The number of carboxylic acids is 2. The van der Waals surface area contributed by atoms with Crippen LogP contribution in [0.3, 0.4) is 0 Å². The molecule has 19 heteroatoms. The van der Waals surface area contributed by atoms with Crippen LogP contribution in [0.2, 0.25) is 0 Å². The third kappa shape index (κ3) is 8.09. The van der Waals surface area contributed by atoms with E-state index < -0.39 is 47.7 Å². The van der Waals surface area contributed by atoms with Gasteiger partial charge in [-0.2, -0.15) is 0 Å². The molecule has 2 aliphatic heterocycles. The predicted octanol–water partition coefficient (Wildman–Crippen LogP) is -4.66. The second-order valence-electron chi connectivity index (χ2n) is 8.67. The van der Waals surface area contributed by atoms with Crippen LogP contribution >= 0.6 is 34.9 Å². The Morgan fingerprint density at radius 3 is 2.58 bits per heavy atom. The quantitative estimate of drug-likeness (QED) is 0.0583. The maximum Gasteiger partial charge on any atom is 1.00 e. The Morgan fingerprint density at radius 1 is 1.14 bits per heavy atom. The first kappa shape index (κ1) is 35.3. The summed E-state index contributed by atoms with van der Waals surface area (Å²) in [6.07, 6.45) is -0.168. The van der Waals surface area contributed by atoms with Crippen molar-refractivity contribution >= 4 is 64.6 Å². The van der Waals surface area contributed by atoms with Gasteiger partial charge in [0.25, 0.3) is 5.91 Å². The molecule has 3 aromatic rings. The molecule has 1 fully saturated rings. The summed E-state index contributed by atoms with van der Waals surface area (Å²) in [7, 11) is 0. The van der Waals surface area contributed by atoms with Crippen LogP contribution < -0.4 is 69.2 Å². The number of ether oxygens (including phenoxy) is 1. The monoisotopic (exact) mass is 664 g/mol. The number of carboxylic acid groups (broad SMARTS) is 2. The molecule has 1 saturated heterocycles. The van der Waals surface area contributed by atoms with Gasteiger partial charge in [-0.1, -0.05) is 30.0 Å². The van der Waals surface area contributed by atoms with Crippen molar-refractivity contribution in [2.45, 2.75) is 29.5 Å². The third-order valence-electron chi connectivity index (χ3n) is 5.96. The maximum atomic E-state index is 13.0. The SMILES string of the molecule is O=C(O)Cn1nnnc1SCC1=C(C(=O)O)N2C(=O)C(NC(=O)Cc3ccsc3C(=O)Oc3ccccc3)[C@H]2SC1.[H-].[H-].[Na+].[Na+]. The summed E-state index contributed by atoms with van der Waals surface area (Å²) in [6.45, 7) is -0.454. The summed E-state index contributed by atoms with van der Waals surface area (Å²) < 4.78 is 6.44.